The van der Waals surface area contributed by atoms with Crippen molar-refractivity contribution in [2.24, 2.45) is 0 Å². The predicted molar refractivity (Wildman–Crippen MR) is 80.3 cm³/mol. The number of anilines is 1. The second-order valence-electron chi connectivity index (χ2n) is 3.98. The number of nitrogens with one attached hydrogen (secondary N) is 1. The van der Waals surface area contributed by atoms with E-state index in [0.29, 0.717) is 22.5 Å². The van der Waals surface area contributed by atoms with E-state index >= 15 is 0 Å². The molecule has 1 N–H and O–H groups in total. The number of aryl methyl sites for hydroxylation is 1. The van der Waals surface area contributed by atoms with Gasteiger partial charge in [0.2, 0.25) is 5.88 Å². The van der Waals surface area contributed by atoms with Gasteiger partial charge in [-0.25, -0.2) is 4.98 Å². The highest BCUT2D eigenvalue weighted by Crippen LogP contribution is 2.33. The Balaban J connectivity index is 2.40. The minimum absolute atomic E-state index is 0.501. The lowest BCUT2D eigenvalue weighted by atomic mass is 10.3. The van der Waals surface area contributed by atoms with Gasteiger partial charge in [0.1, 0.15) is 17.4 Å². The molecule has 0 aliphatic carbocycles. The highest BCUT2D eigenvalue weighted by Gasteiger charge is 2.12. The summed E-state index contributed by atoms with van der Waals surface area (Å²) >= 11 is 9.49. The highest BCUT2D eigenvalue weighted by molar-refractivity contribution is 9.10. The molecule has 2 aromatic rings. The van der Waals surface area contributed by atoms with Crippen molar-refractivity contribution >= 4 is 33.3 Å². The van der Waals surface area contributed by atoms with Gasteiger partial charge in [-0.3, -0.25) is 0 Å². The van der Waals surface area contributed by atoms with Crippen molar-refractivity contribution in [2.75, 3.05) is 12.4 Å². The molecule has 100 valence electrons. The fraction of sp³-hybridized carbons (Fsp3) is 0.231. The third-order valence-electron chi connectivity index (χ3n) is 2.55. The molecule has 0 spiro atoms. The molecule has 0 saturated heterocycles. The maximum absolute atomic E-state index is 6.13. The second-order valence-corrected chi connectivity index (χ2v) is 5.30. The Bertz CT molecular complexity index is 619. The van der Waals surface area contributed by atoms with Crippen LogP contribution in [0.25, 0.3) is 0 Å². The van der Waals surface area contributed by atoms with Crippen molar-refractivity contribution in [2.45, 2.75) is 13.8 Å². The number of hydrogen-bond donors (Lipinski definition) is 1. The van der Waals surface area contributed by atoms with Crippen LogP contribution in [-0.4, -0.2) is 17.0 Å². The lowest BCUT2D eigenvalue weighted by Gasteiger charge is -2.12. The SMILES string of the molecule is CNc1nc(C)nc(Oc2ccc(Br)cc2Cl)c1C. The van der Waals surface area contributed by atoms with Crippen molar-refractivity contribution in [3.63, 3.8) is 0 Å². The van der Waals surface area contributed by atoms with Crippen LogP contribution in [0.2, 0.25) is 5.02 Å². The van der Waals surface area contributed by atoms with Gasteiger partial charge >= 0.3 is 0 Å². The summed E-state index contributed by atoms with van der Waals surface area (Å²) in [7, 11) is 1.81. The smallest absolute Gasteiger partial charge is 0.227 e. The van der Waals surface area contributed by atoms with Crippen LogP contribution < -0.4 is 10.1 Å². The van der Waals surface area contributed by atoms with Gasteiger partial charge < -0.3 is 10.1 Å². The summed E-state index contributed by atoms with van der Waals surface area (Å²) in [5, 5.41) is 3.54. The summed E-state index contributed by atoms with van der Waals surface area (Å²) in [6, 6.07) is 5.44. The lowest BCUT2D eigenvalue weighted by Crippen LogP contribution is -2.03. The molecule has 0 fully saturated rings. The monoisotopic (exact) mass is 341 g/mol. The molecule has 0 radical (unpaired) electrons. The first-order valence-electron chi connectivity index (χ1n) is 5.67. The van der Waals surface area contributed by atoms with E-state index in [1.54, 1.807) is 12.1 Å². The first-order valence-corrected chi connectivity index (χ1v) is 6.84. The summed E-state index contributed by atoms with van der Waals surface area (Å²) in [4.78, 5) is 8.58. The molecular weight excluding hydrogens is 330 g/mol. The first kappa shape index (κ1) is 14.1. The number of benzene rings is 1. The predicted octanol–water partition coefficient (Wildman–Crippen LogP) is 4.34. The number of aromatic nitrogens is 2. The molecule has 6 heteroatoms. The molecule has 0 aliphatic rings. The van der Waals surface area contributed by atoms with Gasteiger partial charge in [0.05, 0.1) is 10.6 Å². The minimum Gasteiger partial charge on any atom is -0.437 e. The molecule has 0 atom stereocenters. The van der Waals surface area contributed by atoms with Crippen LogP contribution in [0.3, 0.4) is 0 Å². The quantitative estimate of drug-likeness (QED) is 0.901. The van der Waals surface area contributed by atoms with Crippen LogP contribution in [0.5, 0.6) is 11.6 Å². The Kier molecular flexibility index (Phi) is 4.27. The molecule has 1 aromatic heterocycles. The van der Waals surface area contributed by atoms with Crippen LogP contribution >= 0.6 is 27.5 Å². The normalized spacial score (nSPS) is 10.4. The Morgan fingerprint density at radius 2 is 2.00 bits per heavy atom. The zero-order valence-electron chi connectivity index (χ0n) is 10.8. The largest absolute Gasteiger partial charge is 0.437 e. The third-order valence-corrected chi connectivity index (χ3v) is 3.34. The summed E-state index contributed by atoms with van der Waals surface area (Å²) in [6.45, 7) is 3.71. The maximum atomic E-state index is 6.13. The molecule has 0 bridgehead atoms. The van der Waals surface area contributed by atoms with Gasteiger partial charge in [-0.05, 0) is 32.0 Å². The summed E-state index contributed by atoms with van der Waals surface area (Å²) in [6.07, 6.45) is 0. The van der Waals surface area contributed by atoms with Crippen molar-refractivity contribution in [1.82, 2.24) is 9.97 Å². The highest BCUT2D eigenvalue weighted by atomic mass is 79.9. The molecule has 2 rings (SSSR count). The van der Waals surface area contributed by atoms with Gasteiger partial charge in [0, 0.05) is 11.5 Å². The molecule has 0 aliphatic heterocycles. The van der Waals surface area contributed by atoms with Gasteiger partial charge in [-0.15, -0.1) is 0 Å². The Morgan fingerprint density at radius 1 is 1.26 bits per heavy atom. The topological polar surface area (TPSA) is 47.0 Å². The zero-order valence-corrected chi connectivity index (χ0v) is 13.1. The molecule has 19 heavy (non-hydrogen) atoms. The van der Waals surface area contributed by atoms with Crippen LogP contribution in [0.15, 0.2) is 22.7 Å². The van der Waals surface area contributed by atoms with E-state index in [1.165, 1.54) is 0 Å². The minimum atomic E-state index is 0.501. The molecule has 1 heterocycles. The van der Waals surface area contributed by atoms with Gasteiger partial charge in [0.25, 0.3) is 0 Å². The van der Waals surface area contributed by atoms with Gasteiger partial charge in [-0.1, -0.05) is 27.5 Å². The average Bonchev–Trinajstić information content (AvgIpc) is 2.36. The molecule has 0 saturated carbocycles. The zero-order chi connectivity index (χ0) is 14.0. The number of ether oxygens (including phenoxy) is 1. The van der Waals surface area contributed by atoms with E-state index in [-0.39, 0.29) is 0 Å². The van der Waals surface area contributed by atoms with E-state index in [0.717, 1.165) is 15.9 Å². The average molecular weight is 343 g/mol. The van der Waals surface area contributed by atoms with Crippen LogP contribution in [-0.2, 0) is 0 Å². The molecule has 1 aromatic carbocycles. The molecule has 0 amide bonds. The van der Waals surface area contributed by atoms with Crippen LogP contribution in [0.1, 0.15) is 11.4 Å². The number of halogens is 2. The molecule has 0 unspecified atom stereocenters. The van der Waals surface area contributed by atoms with Crippen LogP contribution in [0.4, 0.5) is 5.82 Å². The lowest BCUT2D eigenvalue weighted by molar-refractivity contribution is 0.456. The molecular formula is C13H13BrClN3O. The Labute approximate surface area is 125 Å². The number of rotatable bonds is 3. The van der Waals surface area contributed by atoms with Crippen molar-refractivity contribution in [1.29, 1.82) is 0 Å². The second kappa shape index (κ2) is 5.75. The fourth-order valence-electron chi connectivity index (χ4n) is 1.61. The van der Waals surface area contributed by atoms with E-state index in [1.807, 2.05) is 27.0 Å². The fourth-order valence-corrected chi connectivity index (χ4v) is 2.32. The molecule has 4 nitrogen and oxygen atoms in total. The van der Waals surface area contributed by atoms with E-state index in [4.69, 9.17) is 16.3 Å². The van der Waals surface area contributed by atoms with E-state index in [2.05, 4.69) is 31.2 Å². The Morgan fingerprint density at radius 3 is 2.63 bits per heavy atom. The van der Waals surface area contributed by atoms with Crippen LogP contribution in [0, 0.1) is 13.8 Å². The van der Waals surface area contributed by atoms with Crippen molar-refractivity contribution in [3.8, 4) is 11.6 Å². The summed E-state index contributed by atoms with van der Waals surface area (Å²) in [5.41, 5.74) is 0.840. The van der Waals surface area contributed by atoms with Gasteiger partial charge in [0.15, 0.2) is 0 Å². The van der Waals surface area contributed by atoms with Gasteiger partial charge in [-0.2, -0.15) is 4.98 Å². The summed E-state index contributed by atoms with van der Waals surface area (Å²) in [5.74, 6) is 2.45. The summed E-state index contributed by atoms with van der Waals surface area (Å²) < 4.78 is 6.67. The third kappa shape index (κ3) is 3.16. The van der Waals surface area contributed by atoms with Crippen molar-refractivity contribution < 1.29 is 4.74 Å². The van der Waals surface area contributed by atoms with E-state index in [9.17, 15) is 0 Å². The standard InChI is InChI=1S/C13H13BrClN3O/c1-7-12(16-3)17-8(2)18-13(7)19-11-5-4-9(14)6-10(11)15/h4-6H,1-3H3,(H,16,17,18). The van der Waals surface area contributed by atoms with E-state index < -0.39 is 0 Å². The Hall–Kier alpha value is -1.33. The number of nitrogens with zero attached hydrogens (tertiary/aromatic N) is 2. The number of hydrogen-bond acceptors (Lipinski definition) is 4. The maximum Gasteiger partial charge on any atom is 0.227 e. The van der Waals surface area contributed by atoms with Crippen molar-refractivity contribution in [3.05, 3.63) is 39.1 Å². The first-order chi connectivity index (χ1) is 9.01.